The standard InChI is InChI=1S/C16H27N3O2/c1-11-15(20-4)7-6-13(16(11)21-5)9-19(3)10-14-8-17-18-12(14)2/h6-7,12,14,17-18H,8-10H2,1-5H3. The molecule has 1 aliphatic heterocycles. The van der Waals surface area contributed by atoms with E-state index < -0.39 is 0 Å². The molecule has 1 fully saturated rings. The number of rotatable bonds is 6. The highest BCUT2D eigenvalue weighted by molar-refractivity contribution is 5.49. The average molecular weight is 293 g/mol. The van der Waals surface area contributed by atoms with Crippen molar-refractivity contribution in [1.29, 1.82) is 0 Å². The van der Waals surface area contributed by atoms with Crippen molar-refractivity contribution in [3.8, 4) is 11.5 Å². The molecule has 0 saturated carbocycles. The van der Waals surface area contributed by atoms with Crippen molar-refractivity contribution in [2.45, 2.75) is 26.4 Å². The molecule has 1 aromatic carbocycles. The topological polar surface area (TPSA) is 45.8 Å². The number of benzene rings is 1. The van der Waals surface area contributed by atoms with E-state index in [1.165, 1.54) is 5.56 Å². The molecule has 0 amide bonds. The SMILES string of the molecule is COc1ccc(CN(C)CC2CNNC2C)c(OC)c1C. The molecule has 5 heteroatoms. The maximum atomic E-state index is 5.58. The molecule has 2 atom stereocenters. The smallest absolute Gasteiger partial charge is 0.129 e. The quantitative estimate of drug-likeness (QED) is 0.833. The Morgan fingerprint density at radius 3 is 2.62 bits per heavy atom. The number of nitrogens with one attached hydrogen (secondary N) is 2. The molecule has 118 valence electrons. The lowest BCUT2D eigenvalue weighted by Crippen LogP contribution is -2.33. The van der Waals surface area contributed by atoms with Crippen LogP contribution in [0.1, 0.15) is 18.1 Å². The van der Waals surface area contributed by atoms with E-state index in [9.17, 15) is 0 Å². The normalized spacial score (nSPS) is 21.8. The lowest BCUT2D eigenvalue weighted by molar-refractivity contribution is 0.262. The third-order valence-corrected chi connectivity index (χ3v) is 4.25. The molecule has 5 nitrogen and oxygen atoms in total. The number of methoxy groups -OCH3 is 2. The number of ether oxygens (including phenoxy) is 2. The molecule has 0 aliphatic carbocycles. The summed E-state index contributed by atoms with van der Waals surface area (Å²) in [5.41, 5.74) is 8.75. The number of hydrazine groups is 1. The monoisotopic (exact) mass is 293 g/mol. The highest BCUT2D eigenvalue weighted by atomic mass is 16.5. The molecule has 1 aliphatic rings. The van der Waals surface area contributed by atoms with Crippen LogP contribution in [0.4, 0.5) is 0 Å². The van der Waals surface area contributed by atoms with Gasteiger partial charge in [-0.3, -0.25) is 10.9 Å². The Balaban J connectivity index is 2.06. The van der Waals surface area contributed by atoms with Crippen LogP contribution in [0.25, 0.3) is 0 Å². The fraction of sp³-hybridized carbons (Fsp3) is 0.625. The van der Waals surface area contributed by atoms with Gasteiger partial charge >= 0.3 is 0 Å². The lowest BCUT2D eigenvalue weighted by Gasteiger charge is -2.24. The molecule has 0 spiro atoms. The maximum absolute atomic E-state index is 5.58. The second-order valence-electron chi connectivity index (χ2n) is 5.86. The van der Waals surface area contributed by atoms with E-state index >= 15 is 0 Å². The van der Waals surface area contributed by atoms with Crippen LogP contribution in [0, 0.1) is 12.8 Å². The van der Waals surface area contributed by atoms with Gasteiger partial charge in [-0.15, -0.1) is 0 Å². The van der Waals surface area contributed by atoms with E-state index in [2.05, 4.69) is 35.8 Å². The fourth-order valence-corrected chi connectivity index (χ4v) is 2.98. The highest BCUT2D eigenvalue weighted by Crippen LogP contribution is 2.32. The van der Waals surface area contributed by atoms with Crippen LogP contribution < -0.4 is 20.3 Å². The van der Waals surface area contributed by atoms with E-state index in [0.29, 0.717) is 12.0 Å². The minimum atomic E-state index is 0.506. The summed E-state index contributed by atoms with van der Waals surface area (Å²) in [5, 5.41) is 0. The zero-order valence-corrected chi connectivity index (χ0v) is 13.7. The van der Waals surface area contributed by atoms with Crippen molar-refractivity contribution in [3.63, 3.8) is 0 Å². The van der Waals surface area contributed by atoms with Gasteiger partial charge in [-0.2, -0.15) is 0 Å². The van der Waals surface area contributed by atoms with Crippen LogP contribution in [0.3, 0.4) is 0 Å². The van der Waals surface area contributed by atoms with Gasteiger partial charge in [-0.25, -0.2) is 0 Å². The van der Waals surface area contributed by atoms with E-state index in [1.807, 2.05) is 13.0 Å². The van der Waals surface area contributed by atoms with Gasteiger partial charge in [0.05, 0.1) is 14.2 Å². The van der Waals surface area contributed by atoms with E-state index in [1.54, 1.807) is 14.2 Å². The zero-order valence-electron chi connectivity index (χ0n) is 13.7. The van der Waals surface area contributed by atoms with Crippen LogP contribution in [0.2, 0.25) is 0 Å². The average Bonchev–Trinajstić information content (AvgIpc) is 2.85. The molecule has 2 N–H and O–H groups in total. The van der Waals surface area contributed by atoms with Crippen LogP contribution >= 0.6 is 0 Å². The number of nitrogens with zero attached hydrogens (tertiary/aromatic N) is 1. The first-order valence-electron chi connectivity index (χ1n) is 7.44. The van der Waals surface area contributed by atoms with E-state index in [-0.39, 0.29) is 0 Å². The van der Waals surface area contributed by atoms with Gasteiger partial charge in [0.2, 0.25) is 0 Å². The maximum Gasteiger partial charge on any atom is 0.129 e. The molecule has 0 bridgehead atoms. The Morgan fingerprint density at radius 1 is 1.29 bits per heavy atom. The summed E-state index contributed by atoms with van der Waals surface area (Å²) in [6.45, 7) is 7.20. The first-order chi connectivity index (χ1) is 10.1. The summed E-state index contributed by atoms with van der Waals surface area (Å²) in [5.74, 6) is 2.42. The Hall–Kier alpha value is -1.30. The predicted octanol–water partition coefficient (Wildman–Crippen LogP) is 1.56. The Kier molecular flexibility index (Phi) is 5.45. The lowest BCUT2D eigenvalue weighted by atomic mass is 10.0. The summed E-state index contributed by atoms with van der Waals surface area (Å²) < 4.78 is 10.9. The molecule has 0 radical (unpaired) electrons. The van der Waals surface area contributed by atoms with Gasteiger partial charge in [0.1, 0.15) is 11.5 Å². The molecule has 1 saturated heterocycles. The molecule has 2 rings (SSSR count). The molecule has 1 aromatic rings. The molecule has 0 aromatic heterocycles. The second kappa shape index (κ2) is 7.11. The van der Waals surface area contributed by atoms with Gasteiger partial charge < -0.3 is 14.4 Å². The summed E-state index contributed by atoms with van der Waals surface area (Å²) in [6, 6.07) is 4.62. The molecular formula is C16H27N3O2. The van der Waals surface area contributed by atoms with Crippen molar-refractivity contribution in [2.24, 2.45) is 5.92 Å². The van der Waals surface area contributed by atoms with Crippen LogP contribution in [0.5, 0.6) is 11.5 Å². The Bertz CT molecular complexity index is 479. The summed E-state index contributed by atoms with van der Waals surface area (Å²) in [4.78, 5) is 2.35. The first-order valence-corrected chi connectivity index (χ1v) is 7.44. The van der Waals surface area contributed by atoms with Gasteiger partial charge in [0.25, 0.3) is 0 Å². The molecular weight excluding hydrogens is 266 g/mol. The van der Waals surface area contributed by atoms with Crippen molar-refractivity contribution >= 4 is 0 Å². The van der Waals surface area contributed by atoms with Gasteiger partial charge in [-0.05, 0) is 27.0 Å². The first kappa shape index (κ1) is 16.1. The third-order valence-electron chi connectivity index (χ3n) is 4.25. The van der Waals surface area contributed by atoms with E-state index in [0.717, 1.165) is 36.7 Å². The number of hydrogen-bond donors (Lipinski definition) is 2. The molecule has 21 heavy (non-hydrogen) atoms. The van der Waals surface area contributed by atoms with Crippen molar-refractivity contribution in [2.75, 3.05) is 34.4 Å². The summed E-state index contributed by atoms with van der Waals surface area (Å²) >= 11 is 0. The predicted molar refractivity (Wildman–Crippen MR) is 84.7 cm³/mol. The molecule has 1 heterocycles. The second-order valence-corrected chi connectivity index (χ2v) is 5.86. The Morgan fingerprint density at radius 2 is 2.05 bits per heavy atom. The molecule has 2 unspecified atom stereocenters. The van der Waals surface area contributed by atoms with Crippen LogP contribution in [0.15, 0.2) is 12.1 Å². The van der Waals surface area contributed by atoms with Crippen LogP contribution in [-0.2, 0) is 6.54 Å². The minimum absolute atomic E-state index is 0.506. The van der Waals surface area contributed by atoms with Crippen molar-refractivity contribution < 1.29 is 9.47 Å². The Labute approximate surface area is 127 Å². The van der Waals surface area contributed by atoms with Gasteiger partial charge in [-0.1, -0.05) is 6.07 Å². The van der Waals surface area contributed by atoms with E-state index in [4.69, 9.17) is 9.47 Å². The van der Waals surface area contributed by atoms with Crippen molar-refractivity contribution in [1.82, 2.24) is 15.8 Å². The van der Waals surface area contributed by atoms with Crippen LogP contribution in [-0.4, -0.2) is 45.3 Å². The highest BCUT2D eigenvalue weighted by Gasteiger charge is 2.24. The van der Waals surface area contributed by atoms with Crippen molar-refractivity contribution in [3.05, 3.63) is 23.3 Å². The summed E-state index contributed by atoms with van der Waals surface area (Å²) in [7, 11) is 5.57. The summed E-state index contributed by atoms with van der Waals surface area (Å²) in [6.07, 6.45) is 0. The van der Waals surface area contributed by atoms with Gasteiger partial charge in [0, 0.05) is 42.7 Å². The minimum Gasteiger partial charge on any atom is -0.496 e. The fourth-order valence-electron chi connectivity index (χ4n) is 2.98. The largest absolute Gasteiger partial charge is 0.496 e. The van der Waals surface area contributed by atoms with Gasteiger partial charge in [0.15, 0.2) is 0 Å². The zero-order chi connectivity index (χ0) is 15.4. The third kappa shape index (κ3) is 3.67. The number of hydrogen-bond acceptors (Lipinski definition) is 5.